The van der Waals surface area contributed by atoms with Crippen molar-refractivity contribution in [2.75, 3.05) is 47.5 Å². The summed E-state index contributed by atoms with van der Waals surface area (Å²) in [5.41, 5.74) is 0. The van der Waals surface area contributed by atoms with E-state index in [-0.39, 0.29) is 32.2 Å². The number of carbonyl (C=O) groups excluding carboxylic acids is 2. The van der Waals surface area contributed by atoms with E-state index in [0.717, 1.165) is 89.9 Å². The summed E-state index contributed by atoms with van der Waals surface area (Å²) in [6.45, 7) is 4.71. The SMILES string of the molecule is CC/C=C\C/C=C\C/C=C\C/C=C\C/C=C\C/C=C\C/C=C\CCCCCCCCCCCC(=O)OC(COC(=O)CCCCCCCCCCC)COC(OCC[N+](C)(C)C)C(=O)O. The molecule has 2 atom stereocenters. The normalized spacial score (nSPS) is 13.6. The molecule has 0 radical (unpaired) electrons. The summed E-state index contributed by atoms with van der Waals surface area (Å²) in [6, 6.07) is 0. The molecule has 0 aromatic carbocycles. The summed E-state index contributed by atoms with van der Waals surface area (Å²) in [5.74, 6) is -2.02. The molecule has 2 unspecified atom stereocenters. The minimum Gasteiger partial charge on any atom is -0.477 e. The van der Waals surface area contributed by atoms with Crippen molar-refractivity contribution in [3.05, 3.63) is 85.1 Å². The Balaban J connectivity index is 4.20. The standard InChI is InChI=1S/C56H95NO8/c1-6-8-10-12-14-16-17-18-19-20-21-22-23-24-25-26-27-28-29-30-31-32-33-34-35-36-37-39-41-43-45-47-54(59)65-52(51-64-56(55(60)61)62-49-48-57(3,4)5)50-63-53(58)46-44-42-40-38-15-13-11-9-7-2/h8,10,14,16,18-19,21-22,24-25,27-28,30-31,52,56H,6-7,9,11-13,15,17,20,23,26,29,32-51H2,1-5H3/p+1/b10-8-,16-14-,19-18-,22-21-,25-24-,28-27-,31-30-. The lowest BCUT2D eigenvalue weighted by Gasteiger charge is -2.25. The molecule has 65 heavy (non-hydrogen) atoms. The third-order valence-electron chi connectivity index (χ3n) is 10.7. The second kappa shape index (κ2) is 47.0. The molecule has 0 aromatic heterocycles. The Morgan fingerprint density at radius 3 is 1.31 bits per heavy atom. The van der Waals surface area contributed by atoms with Crippen LogP contribution in [0.5, 0.6) is 0 Å². The van der Waals surface area contributed by atoms with E-state index in [1.807, 2.05) is 21.1 Å². The number of carboxylic acids is 1. The summed E-state index contributed by atoms with van der Waals surface area (Å²) < 4.78 is 22.7. The van der Waals surface area contributed by atoms with E-state index in [0.29, 0.717) is 23.9 Å². The van der Waals surface area contributed by atoms with Gasteiger partial charge in [-0.1, -0.05) is 195 Å². The van der Waals surface area contributed by atoms with Crippen LogP contribution in [0.15, 0.2) is 85.1 Å². The summed E-state index contributed by atoms with van der Waals surface area (Å²) in [5, 5.41) is 9.64. The smallest absolute Gasteiger partial charge is 0.361 e. The highest BCUT2D eigenvalue weighted by Gasteiger charge is 2.25. The zero-order valence-electron chi connectivity index (χ0n) is 42.1. The van der Waals surface area contributed by atoms with Crippen molar-refractivity contribution in [3.8, 4) is 0 Å². The minimum atomic E-state index is -1.51. The van der Waals surface area contributed by atoms with Crippen molar-refractivity contribution in [2.24, 2.45) is 0 Å². The zero-order valence-corrected chi connectivity index (χ0v) is 42.1. The first-order valence-corrected chi connectivity index (χ1v) is 25.8. The molecule has 0 saturated heterocycles. The third kappa shape index (κ3) is 48.2. The summed E-state index contributed by atoms with van der Waals surface area (Å²) in [6.07, 6.45) is 58.1. The Kier molecular flexibility index (Phi) is 44.4. The van der Waals surface area contributed by atoms with E-state index in [2.05, 4.69) is 98.9 Å². The molecule has 0 aliphatic heterocycles. The van der Waals surface area contributed by atoms with Gasteiger partial charge in [0.15, 0.2) is 6.10 Å². The maximum Gasteiger partial charge on any atom is 0.361 e. The number of ether oxygens (including phenoxy) is 4. The fourth-order valence-electron chi connectivity index (χ4n) is 6.70. The van der Waals surface area contributed by atoms with Crippen molar-refractivity contribution < 1.29 is 42.9 Å². The average Bonchev–Trinajstić information content (AvgIpc) is 3.27. The van der Waals surface area contributed by atoms with E-state index in [1.54, 1.807) is 0 Å². The van der Waals surface area contributed by atoms with Gasteiger partial charge < -0.3 is 28.5 Å². The Bertz CT molecular complexity index is 1340. The molecule has 0 rings (SSSR count). The van der Waals surface area contributed by atoms with Crippen LogP contribution in [0, 0.1) is 0 Å². The maximum atomic E-state index is 12.8. The highest BCUT2D eigenvalue weighted by atomic mass is 16.7. The zero-order chi connectivity index (χ0) is 47.7. The van der Waals surface area contributed by atoms with Gasteiger partial charge in [-0.05, 0) is 70.6 Å². The van der Waals surface area contributed by atoms with Crippen LogP contribution in [-0.4, -0.2) is 87.4 Å². The number of esters is 2. The highest BCUT2D eigenvalue weighted by molar-refractivity contribution is 5.71. The van der Waals surface area contributed by atoms with Gasteiger partial charge >= 0.3 is 17.9 Å². The quantitative estimate of drug-likeness (QED) is 0.0211. The Morgan fingerprint density at radius 2 is 0.877 bits per heavy atom. The summed E-state index contributed by atoms with van der Waals surface area (Å²) in [7, 11) is 5.95. The molecule has 0 aliphatic rings. The van der Waals surface area contributed by atoms with Crippen molar-refractivity contribution in [3.63, 3.8) is 0 Å². The van der Waals surface area contributed by atoms with Crippen LogP contribution < -0.4 is 0 Å². The number of unbranched alkanes of at least 4 members (excludes halogenated alkanes) is 17. The Hall–Kier alpha value is -3.53. The number of quaternary nitrogens is 1. The maximum absolute atomic E-state index is 12.8. The van der Waals surface area contributed by atoms with Gasteiger partial charge in [0.2, 0.25) is 0 Å². The lowest BCUT2D eigenvalue weighted by Crippen LogP contribution is -2.40. The van der Waals surface area contributed by atoms with Crippen molar-refractivity contribution >= 4 is 17.9 Å². The monoisotopic (exact) mass is 911 g/mol. The third-order valence-corrected chi connectivity index (χ3v) is 10.7. The Morgan fingerprint density at radius 1 is 0.477 bits per heavy atom. The molecule has 0 spiro atoms. The van der Waals surface area contributed by atoms with Gasteiger partial charge in [-0.25, -0.2) is 4.79 Å². The number of carboxylic acid groups (broad SMARTS) is 1. The van der Waals surface area contributed by atoms with E-state index in [1.165, 1.54) is 70.6 Å². The number of hydrogen-bond donors (Lipinski definition) is 1. The van der Waals surface area contributed by atoms with Crippen molar-refractivity contribution in [1.29, 1.82) is 0 Å². The number of nitrogens with zero attached hydrogens (tertiary/aromatic N) is 1. The molecule has 0 aromatic rings. The fourth-order valence-corrected chi connectivity index (χ4v) is 6.70. The second-order valence-corrected chi connectivity index (χ2v) is 18.1. The molecule has 0 amide bonds. The first-order chi connectivity index (χ1) is 31.6. The largest absolute Gasteiger partial charge is 0.477 e. The van der Waals surface area contributed by atoms with Gasteiger partial charge in [0, 0.05) is 12.8 Å². The number of carbonyl (C=O) groups is 3. The molecular weight excluding hydrogens is 815 g/mol. The number of rotatable bonds is 46. The molecule has 9 nitrogen and oxygen atoms in total. The molecule has 0 bridgehead atoms. The number of likely N-dealkylation sites (N-methyl/N-ethyl adjacent to an activating group) is 1. The van der Waals surface area contributed by atoms with Gasteiger partial charge in [-0.3, -0.25) is 9.59 Å². The van der Waals surface area contributed by atoms with Crippen LogP contribution in [0.3, 0.4) is 0 Å². The average molecular weight is 911 g/mol. The molecule has 372 valence electrons. The van der Waals surface area contributed by atoms with Crippen LogP contribution >= 0.6 is 0 Å². The van der Waals surface area contributed by atoms with Crippen LogP contribution in [0.25, 0.3) is 0 Å². The van der Waals surface area contributed by atoms with Crippen LogP contribution in [0.1, 0.15) is 194 Å². The van der Waals surface area contributed by atoms with E-state index >= 15 is 0 Å². The lowest BCUT2D eigenvalue weighted by atomic mass is 10.1. The van der Waals surface area contributed by atoms with Gasteiger partial charge in [0.1, 0.15) is 13.2 Å². The van der Waals surface area contributed by atoms with Crippen LogP contribution in [-0.2, 0) is 33.3 Å². The molecule has 0 aliphatic carbocycles. The number of aliphatic carboxylic acids is 1. The van der Waals surface area contributed by atoms with Gasteiger partial charge in [0.05, 0.1) is 34.4 Å². The number of allylic oxidation sites excluding steroid dienone is 14. The minimum absolute atomic E-state index is 0.184. The van der Waals surface area contributed by atoms with Crippen molar-refractivity contribution in [1.82, 2.24) is 0 Å². The summed E-state index contributed by atoms with van der Waals surface area (Å²) >= 11 is 0. The molecule has 9 heteroatoms. The molecule has 1 N–H and O–H groups in total. The fraction of sp³-hybridized carbons (Fsp3) is 0.696. The van der Waals surface area contributed by atoms with E-state index in [4.69, 9.17) is 18.9 Å². The van der Waals surface area contributed by atoms with Gasteiger partial charge in [-0.15, -0.1) is 0 Å². The molecular formula is C56H96NO8+. The highest BCUT2D eigenvalue weighted by Crippen LogP contribution is 2.14. The van der Waals surface area contributed by atoms with Gasteiger partial charge in [0.25, 0.3) is 6.29 Å². The first-order valence-electron chi connectivity index (χ1n) is 25.8. The summed E-state index contributed by atoms with van der Waals surface area (Å²) in [4.78, 5) is 37.1. The first kappa shape index (κ1) is 61.5. The van der Waals surface area contributed by atoms with E-state index < -0.39 is 24.3 Å². The molecule has 0 saturated carbocycles. The topological polar surface area (TPSA) is 108 Å². The molecule has 0 heterocycles. The molecule has 0 fully saturated rings. The Labute approximate surface area is 398 Å². The predicted molar refractivity (Wildman–Crippen MR) is 272 cm³/mol. The lowest BCUT2D eigenvalue weighted by molar-refractivity contribution is -0.870. The second-order valence-electron chi connectivity index (χ2n) is 18.1. The number of hydrogen-bond acceptors (Lipinski definition) is 7. The van der Waals surface area contributed by atoms with Crippen LogP contribution in [0.4, 0.5) is 0 Å². The van der Waals surface area contributed by atoms with Crippen LogP contribution in [0.2, 0.25) is 0 Å². The van der Waals surface area contributed by atoms with Crippen molar-refractivity contribution in [2.45, 2.75) is 206 Å². The predicted octanol–water partition coefficient (Wildman–Crippen LogP) is 14.4. The van der Waals surface area contributed by atoms with Gasteiger partial charge in [-0.2, -0.15) is 0 Å². The van der Waals surface area contributed by atoms with E-state index in [9.17, 15) is 19.5 Å².